The van der Waals surface area contributed by atoms with Crippen molar-refractivity contribution in [3.05, 3.63) is 64.2 Å². The summed E-state index contributed by atoms with van der Waals surface area (Å²) < 4.78 is 6.85. The monoisotopic (exact) mass is 433 g/mol. The number of ether oxygens (including phenoxy) is 1. The zero-order valence-electron chi connectivity index (χ0n) is 18.0. The molecule has 4 rings (SSSR count). The molecule has 8 heteroatoms. The summed E-state index contributed by atoms with van der Waals surface area (Å²) in [6.07, 6.45) is 2.68. The van der Waals surface area contributed by atoms with Crippen LogP contribution >= 0.6 is 0 Å². The Morgan fingerprint density at radius 3 is 2.56 bits per heavy atom. The maximum Gasteiger partial charge on any atom is 0.318 e. The van der Waals surface area contributed by atoms with Crippen LogP contribution in [0.3, 0.4) is 0 Å². The van der Waals surface area contributed by atoms with Crippen molar-refractivity contribution in [2.45, 2.75) is 26.8 Å². The van der Waals surface area contributed by atoms with Crippen LogP contribution in [0.25, 0.3) is 22.6 Å². The van der Waals surface area contributed by atoms with E-state index in [1.165, 1.54) is 13.8 Å². The zero-order valence-corrected chi connectivity index (χ0v) is 18.0. The number of anilines is 1. The van der Waals surface area contributed by atoms with E-state index in [0.717, 1.165) is 16.9 Å². The summed E-state index contributed by atoms with van der Waals surface area (Å²) in [7, 11) is 1.61. The van der Waals surface area contributed by atoms with Gasteiger partial charge in [-0.15, -0.1) is 0 Å². The number of carbonyl (C=O) groups excluding carboxylic acids is 1. The number of carboxylic acids is 1. The number of allylic oxidation sites excluding steroid dienone is 1. The lowest BCUT2D eigenvalue weighted by molar-refractivity contribution is -0.151. The van der Waals surface area contributed by atoms with Crippen LogP contribution in [0.15, 0.2) is 47.3 Å². The van der Waals surface area contributed by atoms with Crippen LogP contribution in [0.4, 0.5) is 5.69 Å². The van der Waals surface area contributed by atoms with Gasteiger partial charge in [0.2, 0.25) is 5.91 Å². The summed E-state index contributed by atoms with van der Waals surface area (Å²) in [4.78, 5) is 41.4. The molecular formula is C24H23N3O5. The fourth-order valence-corrected chi connectivity index (χ4v) is 3.52. The molecule has 0 bridgehead atoms. The third-order valence-corrected chi connectivity index (χ3v) is 5.66. The molecule has 1 aliphatic rings. The van der Waals surface area contributed by atoms with Crippen LogP contribution in [-0.4, -0.2) is 33.6 Å². The number of nitrogens with one attached hydrogen (secondary N) is 1. The lowest BCUT2D eigenvalue weighted by atomic mass is 9.92. The summed E-state index contributed by atoms with van der Waals surface area (Å²) in [5.74, 6) is -0.520. The van der Waals surface area contributed by atoms with Crippen molar-refractivity contribution in [2.24, 2.45) is 5.41 Å². The van der Waals surface area contributed by atoms with Crippen LogP contribution in [0.1, 0.15) is 31.7 Å². The normalized spacial score (nSPS) is 14.4. The maximum absolute atomic E-state index is 13.0. The first kappa shape index (κ1) is 21.3. The standard InChI is InChI=1S/C24H23N3O5/c1-24(2,23(30)31)22(29)25-16-6-9-18-19(13-16)26-20-15(10-11-27(20)21(18)28)12-14-4-7-17(32-3)8-5-14/h4-9,12-13H,10-11H2,1-3H3,(H,25,29)(H,30,31). The minimum absolute atomic E-state index is 0.146. The van der Waals surface area contributed by atoms with E-state index in [0.29, 0.717) is 35.4 Å². The Hall–Kier alpha value is -3.94. The second-order valence-corrected chi connectivity index (χ2v) is 8.20. The molecule has 2 N–H and O–H groups in total. The minimum Gasteiger partial charge on any atom is -0.497 e. The van der Waals surface area contributed by atoms with Crippen molar-refractivity contribution in [1.82, 2.24) is 9.55 Å². The molecule has 0 radical (unpaired) electrons. The smallest absolute Gasteiger partial charge is 0.318 e. The summed E-state index contributed by atoms with van der Waals surface area (Å²) in [5, 5.41) is 12.3. The van der Waals surface area contributed by atoms with E-state index in [4.69, 9.17) is 9.72 Å². The molecule has 1 aromatic heterocycles. The van der Waals surface area contributed by atoms with Crippen molar-refractivity contribution < 1.29 is 19.4 Å². The average molecular weight is 433 g/mol. The second-order valence-electron chi connectivity index (χ2n) is 8.20. The number of hydrogen-bond donors (Lipinski definition) is 2. The molecule has 1 aliphatic heterocycles. The molecule has 2 heterocycles. The van der Waals surface area contributed by atoms with Crippen LogP contribution in [0, 0.1) is 5.41 Å². The molecule has 0 saturated heterocycles. The quantitative estimate of drug-likeness (QED) is 0.597. The fourth-order valence-electron chi connectivity index (χ4n) is 3.52. The summed E-state index contributed by atoms with van der Waals surface area (Å²) >= 11 is 0. The maximum atomic E-state index is 13.0. The van der Waals surface area contributed by atoms with Crippen molar-refractivity contribution in [3.8, 4) is 5.75 Å². The van der Waals surface area contributed by atoms with Gasteiger partial charge in [-0.1, -0.05) is 12.1 Å². The Balaban J connectivity index is 1.72. The number of methoxy groups -OCH3 is 1. The lowest BCUT2D eigenvalue weighted by Crippen LogP contribution is -2.37. The largest absolute Gasteiger partial charge is 0.497 e. The summed E-state index contributed by atoms with van der Waals surface area (Å²) in [5.41, 5.74) is 0.999. The van der Waals surface area contributed by atoms with E-state index in [1.54, 1.807) is 29.9 Å². The van der Waals surface area contributed by atoms with Crippen LogP contribution < -0.4 is 15.6 Å². The van der Waals surface area contributed by atoms with E-state index in [-0.39, 0.29) is 5.56 Å². The van der Waals surface area contributed by atoms with Gasteiger partial charge in [0, 0.05) is 12.2 Å². The highest BCUT2D eigenvalue weighted by molar-refractivity contribution is 6.08. The summed E-state index contributed by atoms with van der Waals surface area (Å²) in [6.45, 7) is 3.21. The first-order valence-electron chi connectivity index (χ1n) is 10.1. The van der Waals surface area contributed by atoms with E-state index >= 15 is 0 Å². The average Bonchev–Trinajstić information content (AvgIpc) is 3.16. The van der Waals surface area contributed by atoms with E-state index in [9.17, 15) is 19.5 Å². The van der Waals surface area contributed by atoms with Gasteiger partial charge in [0.05, 0.1) is 18.0 Å². The molecule has 8 nitrogen and oxygen atoms in total. The number of fused-ring (bicyclic) bond motifs is 2. The number of rotatable bonds is 5. The highest BCUT2D eigenvalue weighted by Gasteiger charge is 2.36. The fraction of sp³-hybridized carbons (Fsp3) is 0.250. The van der Waals surface area contributed by atoms with Gasteiger partial charge in [-0.2, -0.15) is 0 Å². The predicted molar refractivity (Wildman–Crippen MR) is 122 cm³/mol. The molecule has 1 amide bonds. The van der Waals surface area contributed by atoms with Crippen LogP contribution in [-0.2, 0) is 16.1 Å². The number of carboxylic acid groups (broad SMARTS) is 1. The van der Waals surface area contributed by atoms with Gasteiger partial charge in [-0.25, -0.2) is 4.98 Å². The molecular weight excluding hydrogens is 410 g/mol. The SMILES string of the molecule is COc1ccc(C=C2CCn3c2nc2cc(NC(=O)C(C)(C)C(=O)O)ccc2c3=O)cc1. The number of aliphatic carboxylic acids is 1. The zero-order chi connectivity index (χ0) is 23.0. The van der Waals surface area contributed by atoms with Gasteiger partial charge in [0.25, 0.3) is 5.56 Å². The van der Waals surface area contributed by atoms with Crippen molar-refractivity contribution in [3.63, 3.8) is 0 Å². The number of nitrogens with zero attached hydrogens (tertiary/aromatic N) is 2. The van der Waals surface area contributed by atoms with E-state index < -0.39 is 17.3 Å². The molecule has 0 aliphatic carbocycles. The molecule has 0 atom stereocenters. The van der Waals surface area contributed by atoms with Crippen molar-refractivity contribution in [2.75, 3.05) is 12.4 Å². The van der Waals surface area contributed by atoms with Crippen molar-refractivity contribution >= 4 is 40.1 Å². The first-order valence-corrected chi connectivity index (χ1v) is 10.1. The Labute approximate surface area is 184 Å². The molecule has 0 spiro atoms. The molecule has 0 saturated carbocycles. The summed E-state index contributed by atoms with van der Waals surface area (Å²) in [6, 6.07) is 12.4. The third kappa shape index (κ3) is 3.75. The molecule has 0 fully saturated rings. The highest BCUT2D eigenvalue weighted by atomic mass is 16.5. The van der Waals surface area contributed by atoms with E-state index in [2.05, 4.69) is 5.32 Å². The highest BCUT2D eigenvalue weighted by Crippen LogP contribution is 2.29. The number of aromatic nitrogens is 2. The first-order chi connectivity index (χ1) is 15.2. The Morgan fingerprint density at radius 2 is 1.91 bits per heavy atom. The van der Waals surface area contributed by atoms with Crippen LogP contribution in [0.5, 0.6) is 5.75 Å². The number of benzene rings is 2. The van der Waals surface area contributed by atoms with Crippen LogP contribution in [0.2, 0.25) is 0 Å². The molecule has 32 heavy (non-hydrogen) atoms. The molecule has 164 valence electrons. The minimum atomic E-state index is -1.59. The van der Waals surface area contributed by atoms with Gasteiger partial charge >= 0.3 is 5.97 Å². The Kier molecular flexibility index (Phi) is 5.30. The Morgan fingerprint density at radius 1 is 1.19 bits per heavy atom. The number of hydrogen-bond acceptors (Lipinski definition) is 5. The van der Waals surface area contributed by atoms with Crippen molar-refractivity contribution in [1.29, 1.82) is 0 Å². The number of amides is 1. The lowest BCUT2D eigenvalue weighted by Gasteiger charge is -2.18. The van der Waals surface area contributed by atoms with Gasteiger partial charge in [0.15, 0.2) is 0 Å². The third-order valence-electron chi connectivity index (χ3n) is 5.66. The second kappa shape index (κ2) is 7.96. The van der Waals surface area contributed by atoms with Gasteiger partial charge in [0.1, 0.15) is 17.0 Å². The molecule has 2 aromatic carbocycles. The van der Waals surface area contributed by atoms with Gasteiger partial charge in [-0.05, 0) is 67.8 Å². The van der Waals surface area contributed by atoms with E-state index in [1.807, 2.05) is 30.3 Å². The Bertz CT molecular complexity index is 1320. The van der Waals surface area contributed by atoms with Gasteiger partial charge < -0.3 is 15.2 Å². The topological polar surface area (TPSA) is 111 Å². The predicted octanol–water partition coefficient (Wildman–Crippen LogP) is 3.40. The molecule has 3 aromatic rings. The molecule has 0 unspecified atom stereocenters. The van der Waals surface area contributed by atoms with Gasteiger partial charge in [-0.3, -0.25) is 19.0 Å². The number of carbonyl (C=O) groups is 2.